The van der Waals surface area contributed by atoms with E-state index in [1.807, 2.05) is 67.3 Å². The van der Waals surface area contributed by atoms with Gasteiger partial charge >= 0.3 is 0 Å². The van der Waals surface area contributed by atoms with Gasteiger partial charge in [0.25, 0.3) is 0 Å². The maximum Gasteiger partial charge on any atom is 0.227 e. The molecular weight excluding hydrogens is 352 g/mol. The molecule has 2 aromatic carbocycles. The number of nitrogens with zero attached hydrogens (tertiary/aromatic N) is 1. The highest BCUT2D eigenvalue weighted by Crippen LogP contribution is 2.26. The maximum atomic E-state index is 12.7. The number of amides is 2. The molecule has 0 aromatic heterocycles. The fourth-order valence-corrected chi connectivity index (χ4v) is 3.59. The number of hydrogen-bond acceptors (Lipinski definition) is 3. The number of ether oxygens (including phenoxy) is 1. The third kappa shape index (κ3) is 5.12. The zero-order valence-electron chi connectivity index (χ0n) is 16.6. The minimum Gasteiger partial charge on any atom is -0.492 e. The number of nitrogens with one attached hydrogen (secondary N) is 1. The van der Waals surface area contributed by atoms with Crippen LogP contribution in [0.25, 0.3) is 0 Å². The topological polar surface area (TPSA) is 58.6 Å². The molecule has 1 fully saturated rings. The molecule has 1 heterocycles. The van der Waals surface area contributed by atoms with Crippen LogP contribution < -0.4 is 10.1 Å². The Morgan fingerprint density at radius 1 is 1.11 bits per heavy atom. The lowest BCUT2D eigenvalue weighted by Crippen LogP contribution is -2.42. The van der Waals surface area contributed by atoms with Crippen LogP contribution in [-0.2, 0) is 16.0 Å². The van der Waals surface area contributed by atoms with Crippen molar-refractivity contribution in [3.8, 4) is 5.75 Å². The lowest BCUT2D eigenvalue weighted by atomic mass is 9.95. The average molecular weight is 380 g/mol. The number of likely N-dealkylation sites (tertiary alicyclic amines) is 1. The van der Waals surface area contributed by atoms with Crippen LogP contribution in [-0.4, -0.2) is 36.4 Å². The number of aryl methyl sites for hydroxylation is 1. The molecule has 5 nitrogen and oxygen atoms in total. The molecule has 1 N–H and O–H groups in total. The second-order valence-corrected chi connectivity index (χ2v) is 7.24. The molecule has 148 valence electrons. The van der Waals surface area contributed by atoms with Crippen LogP contribution in [0.1, 0.15) is 30.9 Å². The Hall–Kier alpha value is -2.82. The van der Waals surface area contributed by atoms with Crippen LogP contribution in [0.4, 0.5) is 5.69 Å². The van der Waals surface area contributed by atoms with Crippen LogP contribution in [0.15, 0.2) is 48.5 Å². The van der Waals surface area contributed by atoms with Gasteiger partial charge in [0.2, 0.25) is 11.8 Å². The van der Waals surface area contributed by atoms with Gasteiger partial charge in [0, 0.05) is 19.0 Å². The van der Waals surface area contributed by atoms with E-state index in [-0.39, 0.29) is 17.7 Å². The van der Waals surface area contributed by atoms with Gasteiger partial charge in [0.05, 0.1) is 18.7 Å². The molecule has 0 aliphatic carbocycles. The highest BCUT2D eigenvalue weighted by Gasteiger charge is 2.27. The maximum absolute atomic E-state index is 12.7. The van der Waals surface area contributed by atoms with Gasteiger partial charge in [-0.3, -0.25) is 9.59 Å². The molecule has 28 heavy (non-hydrogen) atoms. The van der Waals surface area contributed by atoms with E-state index in [0.717, 1.165) is 11.1 Å². The molecule has 0 bridgehead atoms. The first kappa shape index (κ1) is 19.9. The molecule has 0 radical (unpaired) electrons. The van der Waals surface area contributed by atoms with Crippen molar-refractivity contribution in [3.63, 3.8) is 0 Å². The monoisotopic (exact) mass is 380 g/mol. The zero-order chi connectivity index (χ0) is 19.9. The van der Waals surface area contributed by atoms with Gasteiger partial charge in [-0.1, -0.05) is 42.0 Å². The van der Waals surface area contributed by atoms with E-state index in [1.165, 1.54) is 0 Å². The highest BCUT2D eigenvalue weighted by molar-refractivity contribution is 5.94. The molecule has 0 spiro atoms. The average Bonchev–Trinajstić information content (AvgIpc) is 2.70. The standard InChI is InChI=1S/C23H28N2O3/c1-3-28-21-10-5-4-9-20(21)24-23(27)19-11-13-25(14-12-19)22(26)16-18-8-6-7-17(2)15-18/h4-10,15,19H,3,11-14,16H2,1-2H3,(H,24,27). The summed E-state index contributed by atoms with van der Waals surface area (Å²) < 4.78 is 5.57. The summed E-state index contributed by atoms with van der Waals surface area (Å²) in [4.78, 5) is 27.1. The number of anilines is 1. The van der Waals surface area contributed by atoms with Crippen molar-refractivity contribution in [2.24, 2.45) is 5.92 Å². The second-order valence-electron chi connectivity index (χ2n) is 7.24. The molecule has 0 unspecified atom stereocenters. The second kappa shape index (κ2) is 9.40. The smallest absolute Gasteiger partial charge is 0.227 e. The minimum absolute atomic E-state index is 0.00191. The molecule has 0 atom stereocenters. The predicted octanol–water partition coefficient (Wildman–Crippen LogP) is 3.81. The van der Waals surface area contributed by atoms with Gasteiger partial charge in [-0.05, 0) is 44.4 Å². The number of piperidine rings is 1. The summed E-state index contributed by atoms with van der Waals surface area (Å²) >= 11 is 0. The first-order valence-electron chi connectivity index (χ1n) is 9.93. The van der Waals surface area contributed by atoms with Crippen molar-refractivity contribution in [3.05, 3.63) is 59.7 Å². The number of hydrogen-bond donors (Lipinski definition) is 1. The quantitative estimate of drug-likeness (QED) is 0.829. The summed E-state index contributed by atoms with van der Waals surface area (Å²) in [5.41, 5.74) is 2.90. The third-order valence-electron chi connectivity index (χ3n) is 5.10. The molecule has 2 amide bonds. The summed E-state index contributed by atoms with van der Waals surface area (Å²) in [5.74, 6) is 0.728. The van der Waals surface area contributed by atoms with E-state index in [4.69, 9.17) is 4.74 Å². The zero-order valence-corrected chi connectivity index (χ0v) is 16.6. The van der Waals surface area contributed by atoms with Crippen molar-refractivity contribution in [2.75, 3.05) is 25.0 Å². The SMILES string of the molecule is CCOc1ccccc1NC(=O)C1CCN(C(=O)Cc2cccc(C)c2)CC1. The molecule has 1 saturated heterocycles. The van der Waals surface area contributed by atoms with Crippen molar-refractivity contribution >= 4 is 17.5 Å². The number of carbonyl (C=O) groups excluding carboxylic acids is 2. The predicted molar refractivity (Wildman–Crippen MR) is 110 cm³/mol. The molecule has 1 aliphatic rings. The lowest BCUT2D eigenvalue weighted by molar-refractivity contribution is -0.133. The van der Waals surface area contributed by atoms with E-state index in [1.54, 1.807) is 0 Å². The van der Waals surface area contributed by atoms with Gasteiger partial charge in [0.1, 0.15) is 5.75 Å². The van der Waals surface area contributed by atoms with Crippen LogP contribution in [0.5, 0.6) is 5.75 Å². The van der Waals surface area contributed by atoms with Crippen molar-refractivity contribution in [1.29, 1.82) is 0 Å². The van der Waals surface area contributed by atoms with E-state index in [9.17, 15) is 9.59 Å². The van der Waals surface area contributed by atoms with Crippen LogP contribution in [0.2, 0.25) is 0 Å². The van der Waals surface area contributed by atoms with E-state index >= 15 is 0 Å². The summed E-state index contributed by atoms with van der Waals surface area (Å²) in [7, 11) is 0. The van der Waals surface area contributed by atoms with E-state index in [0.29, 0.717) is 50.4 Å². The van der Waals surface area contributed by atoms with Crippen molar-refractivity contribution < 1.29 is 14.3 Å². The molecular formula is C23H28N2O3. The van der Waals surface area contributed by atoms with Gasteiger partial charge in [-0.2, -0.15) is 0 Å². The van der Waals surface area contributed by atoms with E-state index < -0.39 is 0 Å². The Balaban J connectivity index is 1.52. The molecule has 3 rings (SSSR count). The summed E-state index contributed by atoms with van der Waals surface area (Å²) in [6.45, 7) is 5.74. The van der Waals surface area contributed by atoms with Gasteiger partial charge in [-0.25, -0.2) is 0 Å². The molecule has 2 aromatic rings. The largest absolute Gasteiger partial charge is 0.492 e. The summed E-state index contributed by atoms with van der Waals surface area (Å²) in [5, 5.41) is 2.99. The van der Waals surface area contributed by atoms with Gasteiger partial charge in [-0.15, -0.1) is 0 Å². The highest BCUT2D eigenvalue weighted by atomic mass is 16.5. The molecule has 1 aliphatic heterocycles. The Kier molecular flexibility index (Phi) is 6.69. The normalized spacial score (nSPS) is 14.6. The van der Waals surface area contributed by atoms with Crippen molar-refractivity contribution in [1.82, 2.24) is 4.90 Å². The Morgan fingerprint density at radius 2 is 1.86 bits per heavy atom. The molecule has 5 heteroatoms. The number of carbonyl (C=O) groups is 2. The fraction of sp³-hybridized carbons (Fsp3) is 0.391. The summed E-state index contributed by atoms with van der Waals surface area (Å²) in [6, 6.07) is 15.5. The van der Waals surface area contributed by atoms with Crippen LogP contribution >= 0.6 is 0 Å². The number of para-hydroxylation sites is 2. The van der Waals surface area contributed by atoms with Crippen molar-refractivity contribution in [2.45, 2.75) is 33.1 Å². The number of benzene rings is 2. The van der Waals surface area contributed by atoms with Crippen LogP contribution in [0.3, 0.4) is 0 Å². The Morgan fingerprint density at radius 3 is 2.57 bits per heavy atom. The van der Waals surface area contributed by atoms with E-state index in [2.05, 4.69) is 5.32 Å². The number of rotatable bonds is 6. The first-order chi connectivity index (χ1) is 13.6. The minimum atomic E-state index is -0.0855. The summed E-state index contributed by atoms with van der Waals surface area (Å²) in [6.07, 6.45) is 1.78. The third-order valence-corrected chi connectivity index (χ3v) is 5.10. The Bertz CT molecular complexity index is 826. The van der Waals surface area contributed by atoms with Gasteiger partial charge in [0.15, 0.2) is 0 Å². The first-order valence-corrected chi connectivity index (χ1v) is 9.93. The lowest BCUT2D eigenvalue weighted by Gasteiger charge is -2.31. The van der Waals surface area contributed by atoms with Crippen LogP contribution in [0, 0.1) is 12.8 Å². The van der Waals surface area contributed by atoms with Gasteiger partial charge < -0.3 is 15.0 Å². The fourth-order valence-electron chi connectivity index (χ4n) is 3.59. The Labute approximate surface area is 166 Å². The molecule has 0 saturated carbocycles.